The Morgan fingerprint density at radius 1 is 1.09 bits per heavy atom. The molecule has 0 aliphatic carbocycles. The predicted molar refractivity (Wildman–Crippen MR) is 133 cm³/mol. The molecule has 0 saturated carbocycles. The van der Waals surface area contributed by atoms with Crippen molar-refractivity contribution in [3.05, 3.63) is 45.0 Å². The maximum atomic E-state index is 14.0. The van der Waals surface area contributed by atoms with Gasteiger partial charge in [-0.15, -0.1) is 0 Å². The van der Waals surface area contributed by atoms with E-state index in [0.29, 0.717) is 23.7 Å². The second-order valence-electron chi connectivity index (χ2n) is 7.84. The Balaban J connectivity index is 2.44. The van der Waals surface area contributed by atoms with Crippen molar-refractivity contribution in [2.75, 3.05) is 58.7 Å². The van der Waals surface area contributed by atoms with Crippen LogP contribution in [0.5, 0.6) is 11.5 Å². The molecule has 0 unspecified atom stereocenters. The van der Waals surface area contributed by atoms with Gasteiger partial charge in [0.15, 0.2) is 11.5 Å². The number of nitrogens with zero attached hydrogens (tertiary/aromatic N) is 2. The number of ether oxygens (including phenoxy) is 2. The van der Waals surface area contributed by atoms with E-state index in [1.807, 2.05) is 26.0 Å². The molecule has 0 bridgehead atoms. The molecular formula is C23H30F2IN3O3. The second-order valence-corrected chi connectivity index (χ2v) is 9.09. The lowest BCUT2D eigenvalue weighted by atomic mass is 10.1. The van der Waals surface area contributed by atoms with Gasteiger partial charge in [-0.25, -0.2) is 8.78 Å². The zero-order valence-corrected chi connectivity index (χ0v) is 21.4. The lowest BCUT2D eigenvalue weighted by Crippen LogP contribution is -2.25. The molecule has 1 amide bonds. The van der Waals surface area contributed by atoms with Crippen LogP contribution in [0.15, 0.2) is 30.3 Å². The van der Waals surface area contributed by atoms with E-state index < -0.39 is 11.8 Å². The van der Waals surface area contributed by atoms with Crippen LogP contribution in [0.3, 0.4) is 0 Å². The van der Waals surface area contributed by atoms with Gasteiger partial charge in [0.1, 0.15) is 0 Å². The fourth-order valence-corrected chi connectivity index (χ4v) is 3.87. The van der Waals surface area contributed by atoms with Crippen LogP contribution < -0.4 is 19.7 Å². The number of nitrogens with one attached hydrogen (secondary N) is 1. The highest BCUT2D eigenvalue weighted by Gasteiger charge is 2.27. The maximum absolute atomic E-state index is 14.0. The van der Waals surface area contributed by atoms with Crippen molar-refractivity contribution in [3.8, 4) is 11.5 Å². The quantitative estimate of drug-likeness (QED) is 0.412. The summed E-state index contributed by atoms with van der Waals surface area (Å²) in [4.78, 5) is 17.2. The lowest BCUT2D eigenvalue weighted by molar-refractivity contribution is 0.0175. The molecule has 0 fully saturated rings. The minimum Gasteiger partial charge on any atom is -0.493 e. The molecule has 0 saturated heterocycles. The summed E-state index contributed by atoms with van der Waals surface area (Å²) in [6.07, 6.45) is 0.879. The Kier molecular flexibility index (Phi) is 9.08. The molecular weight excluding hydrogens is 531 g/mol. The van der Waals surface area contributed by atoms with Gasteiger partial charge in [0.05, 0.1) is 31.2 Å². The van der Waals surface area contributed by atoms with Gasteiger partial charge in [-0.2, -0.15) is 0 Å². The zero-order valence-electron chi connectivity index (χ0n) is 19.3. The van der Waals surface area contributed by atoms with Crippen LogP contribution in [0.2, 0.25) is 0 Å². The van der Waals surface area contributed by atoms with Gasteiger partial charge in [0.25, 0.3) is 11.8 Å². The largest absolute Gasteiger partial charge is 0.493 e. The number of carbonyl (C=O) groups excluding carboxylic acids is 1. The minimum absolute atomic E-state index is 0.176. The first kappa shape index (κ1) is 26.1. The van der Waals surface area contributed by atoms with Crippen LogP contribution in [0, 0.1) is 3.57 Å². The van der Waals surface area contributed by atoms with Crippen LogP contribution in [0.4, 0.5) is 20.2 Å². The standard InChI is InChI=1S/C23H30F2IN3O3/c1-23(24,25)15-8-9-19(29(4)11-7-10-28(2)3)18(12-15)27-22(30)17-13-16(26)14-20(31-5)21(17)32-6/h8-9,12-14H,7,10-11H2,1-6H3,(H,27,30). The number of halogens is 3. The van der Waals surface area contributed by atoms with Gasteiger partial charge < -0.3 is 24.6 Å². The first-order valence-electron chi connectivity index (χ1n) is 10.1. The Bertz CT molecular complexity index is 949. The molecule has 176 valence electrons. The van der Waals surface area contributed by atoms with Crippen LogP contribution >= 0.6 is 22.6 Å². The smallest absolute Gasteiger partial charge is 0.270 e. The molecule has 9 heteroatoms. The Labute approximate surface area is 202 Å². The number of carbonyl (C=O) groups is 1. The van der Waals surface area contributed by atoms with E-state index >= 15 is 0 Å². The summed E-state index contributed by atoms with van der Waals surface area (Å²) in [5, 5.41) is 2.81. The van der Waals surface area contributed by atoms with E-state index in [9.17, 15) is 13.6 Å². The molecule has 2 aromatic carbocycles. The lowest BCUT2D eigenvalue weighted by Gasteiger charge is -2.25. The van der Waals surface area contributed by atoms with E-state index in [1.165, 1.54) is 26.4 Å². The molecule has 32 heavy (non-hydrogen) atoms. The van der Waals surface area contributed by atoms with Crippen molar-refractivity contribution in [3.63, 3.8) is 0 Å². The number of benzene rings is 2. The minimum atomic E-state index is -3.04. The molecule has 2 aromatic rings. The topological polar surface area (TPSA) is 54.0 Å². The molecule has 0 aliphatic heterocycles. The molecule has 0 spiro atoms. The summed E-state index contributed by atoms with van der Waals surface area (Å²) >= 11 is 2.08. The zero-order chi connectivity index (χ0) is 24.1. The molecule has 2 rings (SSSR count). The Morgan fingerprint density at radius 2 is 1.78 bits per heavy atom. The third kappa shape index (κ3) is 6.68. The van der Waals surface area contributed by atoms with Crippen molar-refractivity contribution in [2.45, 2.75) is 19.3 Å². The first-order chi connectivity index (χ1) is 15.0. The van der Waals surface area contributed by atoms with Crippen LogP contribution in [-0.4, -0.2) is 59.3 Å². The average molecular weight is 561 g/mol. The number of amides is 1. The molecule has 0 radical (unpaired) electrons. The summed E-state index contributed by atoms with van der Waals surface area (Å²) < 4.78 is 39.5. The predicted octanol–water partition coefficient (Wildman–Crippen LogP) is 5.06. The van der Waals surface area contributed by atoms with Crippen molar-refractivity contribution < 1.29 is 23.0 Å². The van der Waals surface area contributed by atoms with E-state index in [1.54, 1.807) is 18.2 Å². The fraction of sp³-hybridized carbons (Fsp3) is 0.435. The van der Waals surface area contributed by atoms with Gasteiger partial charge in [-0.3, -0.25) is 4.79 Å². The highest BCUT2D eigenvalue weighted by atomic mass is 127. The highest BCUT2D eigenvalue weighted by molar-refractivity contribution is 14.1. The van der Waals surface area contributed by atoms with Crippen molar-refractivity contribution in [1.82, 2.24) is 4.90 Å². The fourth-order valence-electron chi connectivity index (χ4n) is 3.28. The molecule has 1 N–H and O–H groups in total. The second kappa shape index (κ2) is 11.1. The summed E-state index contributed by atoms with van der Waals surface area (Å²) in [5.74, 6) is -2.81. The summed E-state index contributed by atoms with van der Waals surface area (Å²) in [6, 6.07) is 7.74. The summed E-state index contributed by atoms with van der Waals surface area (Å²) in [6.45, 7) is 2.42. The number of hydrogen-bond acceptors (Lipinski definition) is 5. The van der Waals surface area contributed by atoms with Crippen LogP contribution in [0.1, 0.15) is 29.3 Å². The molecule has 0 aliphatic rings. The third-order valence-electron chi connectivity index (χ3n) is 4.95. The van der Waals surface area contributed by atoms with Gasteiger partial charge in [-0.1, -0.05) is 6.07 Å². The van der Waals surface area contributed by atoms with Crippen molar-refractivity contribution >= 4 is 39.9 Å². The monoisotopic (exact) mass is 561 g/mol. The number of hydrogen-bond donors (Lipinski definition) is 1. The molecule has 0 heterocycles. The third-order valence-corrected chi connectivity index (χ3v) is 5.57. The van der Waals surface area contributed by atoms with Crippen molar-refractivity contribution in [1.29, 1.82) is 0 Å². The van der Waals surface area contributed by atoms with Crippen molar-refractivity contribution in [2.24, 2.45) is 0 Å². The van der Waals surface area contributed by atoms with Gasteiger partial charge in [0, 0.05) is 29.6 Å². The Hall–Kier alpha value is -2.14. The van der Waals surface area contributed by atoms with E-state index in [2.05, 4.69) is 32.8 Å². The number of rotatable bonds is 10. The maximum Gasteiger partial charge on any atom is 0.270 e. The Morgan fingerprint density at radius 3 is 2.34 bits per heavy atom. The summed E-state index contributed by atoms with van der Waals surface area (Å²) in [7, 11) is 8.80. The van der Waals surface area contributed by atoms with Gasteiger partial charge in [-0.05, 0) is 73.9 Å². The molecule has 0 atom stereocenters. The SMILES string of the molecule is COc1cc(I)cc(C(=O)Nc2cc(C(C)(F)F)ccc2N(C)CCCN(C)C)c1OC. The highest BCUT2D eigenvalue weighted by Crippen LogP contribution is 2.37. The van der Waals surface area contributed by atoms with Crippen LogP contribution in [0.25, 0.3) is 0 Å². The van der Waals surface area contributed by atoms with E-state index in [4.69, 9.17) is 9.47 Å². The molecule has 6 nitrogen and oxygen atoms in total. The van der Waals surface area contributed by atoms with E-state index in [0.717, 1.165) is 23.5 Å². The van der Waals surface area contributed by atoms with Gasteiger partial charge >= 0.3 is 0 Å². The van der Waals surface area contributed by atoms with E-state index in [-0.39, 0.29) is 16.9 Å². The number of anilines is 2. The number of alkyl halides is 2. The average Bonchev–Trinajstić information content (AvgIpc) is 2.71. The van der Waals surface area contributed by atoms with Crippen LogP contribution in [-0.2, 0) is 5.92 Å². The first-order valence-corrected chi connectivity index (χ1v) is 11.2. The normalized spacial score (nSPS) is 11.4. The number of methoxy groups -OCH3 is 2. The van der Waals surface area contributed by atoms with Gasteiger partial charge in [0.2, 0.25) is 0 Å². The molecule has 0 aromatic heterocycles. The summed E-state index contributed by atoms with van der Waals surface area (Å²) in [5.41, 5.74) is 1.04.